The number of phenols is 1. The molecule has 0 radical (unpaired) electrons. The largest absolute Gasteiger partial charge is 0.508 e. The minimum absolute atomic E-state index is 0.0850. The summed E-state index contributed by atoms with van der Waals surface area (Å²) in [6.45, 7) is 0.671. The van der Waals surface area contributed by atoms with Crippen LogP contribution >= 0.6 is 0 Å². The first-order valence-corrected chi connectivity index (χ1v) is 6.56. The highest BCUT2D eigenvalue weighted by atomic mass is 16.3. The second kappa shape index (κ2) is 4.33. The SMILES string of the molecule is Oc1cccc(C2NNCc3nc4ccccc4n32)c1. The molecule has 4 rings (SSSR count). The number of nitrogens with one attached hydrogen (secondary N) is 2. The standard InChI is InChI=1S/C15H14N4O/c20-11-5-3-4-10(8-11)15-18-16-9-14-17-12-6-1-2-7-13(12)19(14)15/h1-8,15-16,18,20H,9H2. The summed E-state index contributed by atoms with van der Waals surface area (Å²) in [5.74, 6) is 1.25. The Morgan fingerprint density at radius 3 is 2.95 bits per heavy atom. The Kier molecular flexibility index (Phi) is 2.48. The van der Waals surface area contributed by atoms with Crippen molar-refractivity contribution in [2.24, 2.45) is 0 Å². The van der Waals surface area contributed by atoms with Gasteiger partial charge in [0.25, 0.3) is 0 Å². The van der Waals surface area contributed by atoms with E-state index in [-0.39, 0.29) is 11.9 Å². The average Bonchev–Trinajstić information content (AvgIpc) is 2.85. The van der Waals surface area contributed by atoms with Crippen LogP contribution in [-0.4, -0.2) is 14.7 Å². The number of imidazole rings is 1. The molecule has 0 saturated heterocycles. The molecular formula is C15H14N4O. The molecule has 3 aromatic rings. The summed E-state index contributed by atoms with van der Waals surface area (Å²) in [5.41, 5.74) is 9.47. The zero-order valence-corrected chi connectivity index (χ0v) is 10.7. The molecule has 5 nitrogen and oxygen atoms in total. The molecule has 0 aliphatic carbocycles. The fourth-order valence-electron chi connectivity index (χ4n) is 2.73. The van der Waals surface area contributed by atoms with Crippen molar-refractivity contribution in [2.75, 3.05) is 0 Å². The van der Waals surface area contributed by atoms with Crippen LogP contribution in [0.4, 0.5) is 0 Å². The van der Waals surface area contributed by atoms with Crippen molar-refractivity contribution in [2.45, 2.75) is 12.7 Å². The highest BCUT2D eigenvalue weighted by Crippen LogP contribution is 2.27. The van der Waals surface area contributed by atoms with Gasteiger partial charge in [0, 0.05) is 0 Å². The molecule has 0 fully saturated rings. The summed E-state index contributed by atoms with van der Waals surface area (Å²) in [6.07, 6.45) is -0.0850. The molecular weight excluding hydrogens is 252 g/mol. The monoisotopic (exact) mass is 266 g/mol. The van der Waals surface area contributed by atoms with E-state index in [4.69, 9.17) is 0 Å². The number of hydrazine groups is 1. The summed E-state index contributed by atoms with van der Waals surface area (Å²) in [5, 5.41) is 9.68. The van der Waals surface area contributed by atoms with Gasteiger partial charge in [0.15, 0.2) is 0 Å². The molecule has 20 heavy (non-hydrogen) atoms. The van der Waals surface area contributed by atoms with E-state index in [2.05, 4.69) is 26.5 Å². The van der Waals surface area contributed by atoms with Gasteiger partial charge in [0.05, 0.1) is 17.6 Å². The lowest BCUT2D eigenvalue weighted by molar-refractivity contribution is 0.339. The van der Waals surface area contributed by atoms with Crippen LogP contribution in [0.2, 0.25) is 0 Å². The quantitative estimate of drug-likeness (QED) is 0.629. The van der Waals surface area contributed by atoms with E-state index in [1.807, 2.05) is 30.3 Å². The van der Waals surface area contributed by atoms with E-state index in [9.17, 15) is 5.11 Å². The van der Waals surface area contributed by atoms with E-state index >= 15 is 0 Å². The van der Waals surface area contributed by atoms with Crippen LogP contribution in [0.5, 0.6) is 5.75 Å². The number of phenolic OH excluding ortho intramolecular Hbond substituents is 1. The summed E-state index contributed by atoms with van der Waals surface area (Å²) in [7, 11) is 0. The second-order valence-corrected chi connectivity index (χ2v) is 4.88. The van der Waals surface area contributed by atoms with Crippen LogP contribution in [0, 0.1) is 0 Å². The Balaban J connectivity index is 1.93. The van der Waals surface area contributed by atoms with Crippen molar-refractivity contribution in [3.05, 3.63) is 59.9 Å². The Labute approximate surface area is 115 Å². The van der Waals surface area contributed by atoms with Crippen LogP contribution in [0.15, 0.2) is 48.5 Å². The third kappa shape index (κ3) is 1.68. The first-order chi connectivity index (χ1) is 9.83. The lowest BCUT2D eigenvalue weighted by Crippen LogP contribution is -2.44. The van der Waals surface area contributed by atoms with Gasteiger partial charge >= 0.3 is 0 Å². The molecule has 0 amide bonds. The first kappa shape index (κ1) is 11.5. The van der Waals surface area contributed by atoms with Gasteiger partial charge in [-0.2, -0.15) is 0 Å². The van der Waals surface area contributed by atoms with Crippen LogP contribution < -0.4 is 10.9 Å². The van der Waals surface area contributed by atoms with Gasteiger partial charge in [-0.05, 0) is 29.8 Å². The summed E-state index contributed by atoms with van der Waals surface area (Å²) in [6, 6.07) is 15.4. The Hall–Kier alpha value is -2.37. The highest BCUT2D eigenvalue weighted by Gasteiger charge is 2.24. The van der Waals surface area contributed by atoms with Gasteiger partial charge in [0.1, 0.15) is 17.7 Å². The van der Waals surface area contributed by atoms with Crippen molar-refractivity contribution >= 4 is 11.0 Å². The third-order valence-corrected chi connectivity index (χ3v) is 3.60. The maximum Gasteiger partial charge on any atom is 0.126 e. The maximum atomic E-state index is 9.68. The van der Waals surface area contributed by atoms with E-state index in [0.717, 1.165) is 22.4 Å². The van der Waals surface area contributed by atoms with Crippen LogP contribution in [0.25, 0.3) is 11.0 Å². The Bertz CT molecular complexity index is 780. The number of fused-ring (bicyclic) bond motifs is 3. The van der Waals surface area contributed by atoms with E-state index < -0.39 is 0 Å². The molecule has 1 aliphatic rings. The zero-order chi connectivity index (χ0) is 13.5. The Morgan fingerprint density at radius 1 is 1.15 bits per heavy atom. The number of benzene rings is 2. The van der Waals surface area contributed by atoms with Crippen molar-refractivity contribution in [3.63, 3.8) is 0 Å². The number of aromatic hydroxyl groups is 1. The molecule has 5 heteroatoms. The first-order valence-electron chi connectivity index (χ1n) is 6.56. The summed E-state index contributed by atoms with van der Waals surface area (Å²) < 4.78 is 2.17. The highest BCUT2D eigenvalue weighted by molar-refractivity contribution is 5.76. The summed E-state index contributed by atoms with van der Waals surface area (Å²) in [4.78, 5) is 4.65. The zero-order valence-electron chi connectivity index (χ0n) is 10.7. The lowest BCUT2D eigenvalue weighted by Gasteiger charge is -2.28. The van der Waals surface area contributed by atoms with Crippen molar-refractivity contribution in [1.82, 2.24) is 20.4 Å². The Morgan fingerprint density at radius 2 is 2.05 bits per heavy atom. The number of hydrogen-bond donors (Lipinski definition) is 3. The van der Waals surface area contributed by atoms with Crippen LogP contribution in [0.3, 0.4) is 0 Å². The third-order valence-electron chi connectivity index (χ3n) is 3.60. The molecule has 0 bridgehead atoms. The van der Waals surface area contributed by atoms with Gasteiger partial charge in [-0.1, -0.05) is 24.3 Å². The molecule has 2 aromatic carbocycles. The number of nitrogens with zero attached hydrogens (tertiary/aromatic N) is 2. The summed E-state index contributed by atoms with van der Waals surface area (Å²) >= 11 is 0. The lowest BCUT2D eigenvalue weighted by atomic mass is 10.1. The van der Waals surface area contributed by atoms with E-state index in [1.54, 1.807) is 12.1 Å². The molecule has 1 aromatic heterocycles. The molecule has 2 heterocycles. The second-order valence-electron chi connectivity index (χ2n) is 4.88. The predicted octanol–water partition coefficient (Wildman–Crippen LogP) is 1.90. The van der Waals surface area contributed by atoms with Crippen molar-refractivity contribution in [1.29, 1.82) is 0 Å². The molecule has 100 valence electrons. The molecule has 1 aliphatic heterocycles. The molecule has 0 saturated carbocycles. The fraction of sp³-hybridized carbons (Fsp3) is 0.133. The number of aromatic nitrogens is 2. The van der Waals surface area contributed by atoms with Crippen LogP contribution in [-0.2, 0) is 6.54 Å². The number of rotatable bonds is 1. The van der Waals surface area contributed by atoms with Crippen molar-refractivity contribution < 1.29 is 5.11 Å². The number of hydrogen-bond acceptors (Lipinski definition) is 4. The van der Waals surface area contributed by atoms with Gasteiger partial charge in [-0.3, -0.25) is 0 Å². The minimum Gasteiger partial charge on any atom is -0.508 e. The van der Waals surface area contributed by atoms with Gasteiger partial charge < -0.3 is 9.67 Å². The maximum absolute atomic E-state index is 9.68. The predicted molar refractivity (Wildman–Crippen MR) is 76.0 cm³/mol. The van der Waals surface area contributed by atoms with Crippen LogP contribution in [0.1, 0.15) is 17.6 Å². The number of para-hydroxylation sites is 2. The molecule has 1 unspecified atom stereocenters. The minimum atomic E-state index is -0.0850. The molecule has 3 N–H and O–H groups in total. The smallest absolute Gasteiger partial charge is 0.126 e. The molecule has 1 atom stereocenters. The van der Waals surface area contributed by atoms with Gasteiger partial charge in [-0.25, -0.2) is 15.8 Å². The molecule has 0 spiro atoms. The van der Waals surface area contributed by atoms with E-state index in [1.165, 1.54) is 0 Å². The topological polar surface area (TPSA) is 62.1 Å². The van der Waals surface area contributed by atoms with Gasteiger partial charge in [0.2, 0.25) is 0 Å². The van der Waals surface area contributed by atoms with Crippen molar-refractivity contribution in [3.8, 4) is 5.75 Å². The van der Waals surface area contributed by atoms with Gasteiger partial charge in [-0.15, -0.1) is 0 Å². The normalized spacial score (nSPS) is 18.1. The fourth-order valence-corrected chi connectivity index (χ4v) is 2.73. The average molecular weight is 266 g/mol. The van der Waals surface area contributed by atoms with E-state index in [0.29, 0.717) is 6.54 Å².